The zero-order chi connectivity index (χ0) is 22.2. The van der Waals surface area contributed by atoms with Crippen LogP contribution in [0.5, 0.6) is 0 Å². The number of carbonyl (C=O) groups excluding carboxylic acids is 2. The molecule has 32 heavy (non-hydrogen) atoms. The predicted octanol–water partition coefficient (Wildman–Crippen LogP) is 1.87. The second-order valence-corrected chi connectivity index (χ2v) is 9.30. The van der Waals surface area contributed by atoms with Crippen molar-refractivity contribution in [2.75, 3.05) is 19.6 Å². The molecule has 4 aliphatic rings. The molecule has 2 amide bonds. The van der Waals surface area contributed by atoms with Gasteiger partial charge in [-0.2, -0.15) is 0 Å². The highest BCUT2D eigenvalue weighted by molar-refractivity contribution is 5.99. The van der Waals surface area contributed by atoms with Gasteiger partial charge in [-0.3, -0.25) is 29.2 Å². The molecule has 6 rings (SSSR count). The maximum Gasteiger partial charge on any atom is 0.262 e. The molecule has 0 radical (unpaired) electrons. The number of carbonyl (C=O) groups is 2. The van der Waals surface area contributed by atoms with Gasteiger partial charge in [0.1, 0.15) is 11.9 Å². The molecule has 8 nitrogen and oxygen atoms in total. The standard InChI is InChI=1S/C24H30N4O4/c1-15-25-19-8-5-7-16(6-3-2-4-11-27-13-17-12-18(14-27)32-17)22(19)24(31)28(15)20-9-10-21(29)26-23(20)30/h5,7-8,17-18,20H,2-4,6,9-14H2,1H3,(H,26,29,30). The number of rotatable bonds is 7. The molecule has 0 aliphatic carbocycles. The van der Waals surface area contributed by atoms with Crippen LogP contribution in [0.15, 0.2) is 23.0 Å². The second-order valence-electron chi connectivity index (χ2n) is 9.30. The van der Waals surface area contributed by atoms with Crippen LogP contribution in [0, 0.1) is 6.92 Å². The molecule has 5 heterocycles. The van der Waals surface area contributed by atoms with Crippen LogP contribution >= 0.6 is 0 Å². The van der Waals surface area contributed by atoms with Crippen LogP contribution in [0.1, 0.15) is 56.0 Å². The number of piperidine rings is 2. The lowest BCUT2D eigenvalue weighted by Crippen LogP contribution is -2.57. The summed E-state index contributed by atoms with van der Waals surface area (Å²) >= 11 is 0. The van der Waals surface area contributed by atoms with Gasteiger partial charge < -0.3 is 4.74 Å². The van der Waals surface area contributed by atoms with Crippen LogP contribution < -0.4 is 10.9 Å². The summed E-state index contributed by atoms with van der Waals surface area (Å²) in [4.78, 5) is 44.5. The Hall–Kier alpha value is -2.58. The average Bonchev–Trinajstić information content (AvgIpc) is 2.74. The molecule has 8 heteroatoms. The zero-order valence-corrected chi connectivity index (χ0v) is 18.5. The molecule has 4 fully saturated rings. The first-order valence-corrected chi connectivity index (χ1v) is 11.7. The van der Waals surface area contributed by atoms with Gasteiger partial charge in [-0.05, 0) is 50.8 Å². The van der Waals surface area contributed by atoms with Crippen molar-refractivity contribution in [1.82, 2.24) is 19.8 Å². The Balaban J connectivity index is 1.28. The largest absolute Gasteiger partial charge is 0.372 e. The van der Waals surface area contributed by atoms with E-state index < -0.39 is 11.9 Å². The van der Waals surface area contributed by atoms with Gasteiger partial charge in [0.05, 0.1) is 23.1 Å². The minimum Gasteiger partial charge on any atom is -0.372 e. The SMILES string of the molecule is Cc1nc2cccc(CCCCCN3CC4CC(C3)O4)c2c(=O)n1C1CCC(=O)NC1=O. The van der Waals surface area contributed by atoms with Gasteiger partial charge >= 0.3 is 0 Å². The van der Waals surface area contributed by atoms with Gasteiger partial charge in [-0.15, -0.1) is 0 Å². The fraction of sp³-hybridized carbons (Fsp3) is 0.583. The first-order chi connectivity index (χ1) is 15.5. The Morgan fingerprint density at radius 3 is 2.66 bits per heavy atom. The maximum atomic E-state index is 13.5. The van der Waals surface area contributed by atoms with Crippen molar-refractivity contribution >= 4 is 22.7 Å². The van der Waals surface area contributed by atoms with Crippen LogP contribution in [0.4, 0.5) is 0 Å². The van der Waals surface area contributed by atoms with E-state index in [-0.39, 0.29) is 17.9 Å². The Kier molecular flexibility index (Phi) is 5.82. The van der Waals surface area contributed by atoms with E-state index in [4.69, 9.17) is 4.74 Å². The Morgan fingerprint density at radius 1 is 1.12 bits per heavy atom. The van der Waals surface area contributed by atoms with E-state index in [1.165, 1.54) is 11.0 Å². The summed E-state index contributed by atoms with van der Waals surface area (Å²) in [6.07, 6.45) is 6.73. The van der Waals surface area contributed by atoms with Gasteiger partial charge in [0, 0.05) is 25.9 Å². The number of fused-ring (bicyclic) bond motifs is 3. The summed E-state index contributed by atoms with van der Waals surface area (Å²) in [5.74, 6) is -0.218. The van der Waals surface area contributed by atoms with Crippen molar-refractivity contribution in [3.8, 4) is 0 Å². The van der Waals surface area contributed by atoms with Gasteiger partial charge in [-0.25, -0.2) is 4.98 Å². The lowest BCUT2D eigenvalue weighted by Gasteiger charge is -2.47. The number of imide groups is 1. The van der Waals surface area contributed by atoms with Gasteiger partial charge in [0.15, 0.2) is 0 Å². The van der Waals surface area contributed by atoms with Crippen LogP contribution in [0.25, 0.3) is 10.9 Å². The first kappa shape index (κ1) is 21.3. The monoisotopic (exact) mass is 438 g/mol. The Morgan fingerprint density at radius 2 is 1.91 bits per heavy atom. The minimum atomic E-state index is -0.690. The van der Waals surface area contributed by atoms with E-state index in [1.54, 1.807) is 6.92 Å². The predicted molar refractivity (Wildman–Crippen MR) is 119 cm³/mol. The number of benzene rings is 1. The summed E-state index contributed by atoms with van der Waals surface area (Å²) < 4.78 is 7.17. The number of hydrogen-bond acceptors (Lipinski definition) is 6. The number of ether oxygens (including phenoxy) is 1. The quantitative estimate of drug-likeness (QED) is 0.524. The molecule has 4 aliphatic heterocycles. The number of aryl methyl sites for hydroxylation is 2. The normalized spacial score (nSPS) is 25.6. The van der Waals surface area contributed by atoms with E-state index in [0.29, 0.717) is 35.4 Å². The summed E-state index contributed by atoms with van der Waals surface area (Å²) in [6.45, 7) is 4.97. The highest BCUT2D eigenvalue weighted by atomic mass is 16.5. The molecule has 1 aromatic carbocycles. The van der Waals surface area contributed by atoms with E-state index >= 15 is 0 Å². The molecule has 3 unspecified atom stereocenters. The highest BCUT2D eigenvalue weighted by Gasteiger charge is 2.37. The fourth-order valence-electron chi connectivity index (χ4n) is 5.38. The van der Waals surface area contributed by atoms with Crippen molar-refractivity contribution in [2.45, 2.75) is 70.1 Å². The van der Waals surface area contributed by atoms with E-state index in [0.717, 1.165) is 50.9 Å². The van der Waals surface area contributed by atoms with E-state index in [1.807, 2.05) is 18.2 Å². The van der Waals surface area contributed by atoms with Crippen molar-refractivity contribution in [3.05, 3.63) is 39.9 Å². The fourth-order valence-corrected chi connectivity index (χ4v) is 5.38. The Labute approximate surface area is 186 Å². The maximum absolute atomic E-state index is 13.5. The molecule has 1 N–H and O–H groups in total. The third-order valence-corrected chi connectivity index (χ3v) is 6.97. The third kappa shape index (κ3) is 4.09. The summed E-state index contributed by atoms with van der Waals surface area (Å²) in [5, 5.41) is 2.94. The van der Waals surface area contributed by atoms with Gasteiger partial charge in [-0.1, -0.05) is 18.6 Å². The second kappa shape index (κ2) is 8.75. The smallest absolute Gasteiger partial charge is 0.262 e. The van der Waals surface area contributed by atoms with E-state index in [9.17, 15) is 14.4 Å². The number of nitrogens with one attached hydrogen (secondary N) is 1. The molecule has 1 aromatic heterocycles. The number of hydrogen-bond donors (Lipinski definition) is 1. The third-order valence-electron chi connectivity index (χ3n) is 6.97. The first-order valence-electron chi connectivity index (χ1n) is 11.7. The van der Waals surface area contributed by atoms with E-state index in [2.05, 4.69) is 15.2 Å². The molecular formula is C24H30N4O4. The summed E-state index contributed by atoms with van der Waals surface area (Å²) in [6, 6.07) is 5.10. The minimum absolute atomic E-state index is 0.190. The van der Waals surface area contributed by atoms with Gasteiger partial charge in [0.2, 0.25) is 11.8 Å². The summed E-state index contributed by atoms with van der Waals surface area (Å²) in [5.41, 5.74) is 1.46. The lowest BCUT2D eigenvalue weighted by atomic mass is 9.98. The number of amides is 2. The van der Waals surface area contributed by atoms with Crippen molar-refractivity contribution in [2.24, 2.45) is 0 Å². The molecule has 0 saturated carbocycles. The number of aromatic nitrogens is 2. The molecule has 2 bridgehead atoms. The molecule has 4 saturated heterocycles. The number of nitrogens with zero attached hydrogens (tertiary/aromatic N) is 3. The topological polar surface area (TPSA) is 93.5 Å². The van der Waals surface area contributed by atoms with Crippen molar-refractivity contribution in [1.29, 1.82) is 0 Å². The van der Waals surface area contributed by atoms with Gasteiger partial charge in [0.25, 0.3) is 5.56 Å². The van der Waals surface area contributed by atoms with Crippen molar-refractivity contribution in [3.63, 3.8) is 0 Å². The lowest BCUT2D eigenvalue weighted by molar-refractivity contribution is -0.180. The number of unbranched alkanes of at least 4 members (excludes halogenated alkanes) is 2. The molecule has 3 atom stereocenters. The molecule has 170 valence electrons. The van der Waals surface area contributed by atoms with Crippen LogP contribution in [-0.4, -0.2) is 58.1 Å². The number of morpholine rings is 1. The Bertz CT molecular complexity index is 1100. The van der Waals surface area contributed by atoms with Crippen LogP contribution in [0.2, 0.25) is 0 Å². The molecule has 2 aromatic rings. The molecule has 0 spiro atoms. The van der Waals surface area contributed by atoms with Crippen molar-refractivity contribution < 1.29 is 14.3 Å². The highest BCUT2D eigenvalue weighted by Crippen LogP contribution is 2.28. The van der Waals surface area contributed by atoms with Crippen LogP contribution in [-0.2, 0) is 20.7 Å². The van der Waals surface area contributed by atoms with Crippen LogP contribution in [0.3, 0.4) is 0 Å². The molecular weight excluding hydrogens is 408 g/mol. The average molecular weight is 439 g/mol. The zero-order valence-electron chi connectivity index (χ0n) is 18.5. The summed E-state index contributed by atoms with van der Waals surface area (Å²) in [7, 11) is 0.